The van der Waals surface area contributed by atoms with E-state index in [1.165, 1.54) is 16.1 Å². The summed E-state index contributed by atoms with van der Waals surface area (Å²) in [4.78, 5) is 4.68. The first-order valence-electron chi connectivity index (χ1n) is 6.24. The summed E-state index contributed by atoms with van der Waals surface area (Å²) in [6.07, 6.45) is 1.92. The van der Waals surface area contributed by atoms with Crippen LogP contribution in [-0.2, 0) is 6.42 Å². The molecule has 2 nitrogen and oxygen atoms in total. The molecule has 2 rings (SSSR count). The smallest absolute Gasteiger partial charge is 0.0933 e. The van der Waals surface area contributed by atoms with Crippen LogP contribution in [0.3, 0.4) is 0 Å². The van der Waals surface area contributed by atoms with Crippen molar-refractivity contribution in [3.63, 3.8) is 0 Å². The number of aromatic nitrogens is 1. The van der Waals surface area contributed by atoms with E-state index in [1.54, 1.807) is 11.3 Å². The second kappa shape index (κ2) is 5.21. The molecule has 1 aromatic carbocycles. The first kappa shape index (κ1) is 13.2. The standard InChI is InChI=1S/C15H20N2S/c1-11-4-6-12(7-5-11)13-10-18-14(17-13)8-9-15(2,3)16/h4-7,10H,8-9,16H2,1-3H3. The minimum Gasteiger partial charge on any atom is -0.326 e. The van der Waals surface area contributed by atoms with Gasteiger partial charge in [0.05, 0.1) is 10.7 Å². The van der Waals surface area contributed by atoms with Gasteiger partial charge in [-0.1, -0.05) is 29.8 Å². The molecule has 96 valence electrons. The average molecular weight is 260 g/mol. The summed E-state index contributed by atoms with van der Waals surface area (Å²) >= 11 is 1.72. The summed E-state index contributed by atoms with van der Waals surface area (Å²) < 4.78 is 0. The van der Waals surface area contributed by atoms with Crippen LogP contribution < -0.4 is 5.73 Å². The zero-order valence-electron chi connectivity index (χ0n) is 11.2. The van der Waals surface area contributed by atoms with E-state index in [0.717, 1.165) is 18.5 Å². The van der Waals surface area contributed by atoms with E-state index in [0.29, 0.717) is 0 Å². The highest BCUT2D eigenvalue weighted by Gasteiger charge is 2.12. The zero-order chi connectivity index (χ0) is 13.2. The molecule has 0 atom stereocenters. The molecular formula is C15H20N2S. The number of nitrogens with two attached hydrogens (primary N) is 1. The van der Waals surface area contributed by atoms with E-state index < -0.39 is 0 Å². The van der Waals surface area contributed by atoms with Crippen molar-refractivity contribution in [2.75, 3.05) is 0 Å². The third-order valence-electron chi connectivity index (χ3n) is 2.88. The maximum absolute atomic E-state index is 5.99. The maximum atomic E-state index is 5.99. The zero-order valence-corrected chi connectivity index (χ0v) is 12.1. The van der Waals surface area contributed by atoms with Crippen LogP contribution in [-0.4, -0.2) is 10.5 Å². The Morgan fingerprint density at radius 1 is 1.22 bits per heavy atom. The second-order valence-electron chi connectivity index (χ2n) is 5.48. The van der Waals surface area contributed by atoms with Crippen LogP contribution in [0.2, 0.25) is 0 Å². The fraction of sp³-hybridized carbons (Fsp3) is 0.400. The van der Waals surface area contributed by atoms with Crippen molar-refractivity contribution in [2.24, 2.45) is 5.73 Å². The van der Waals surface area contributed by atoms with Crippen molar-refractivity contribution in [3.05, 3.63) is 40.2 Å². The molecular weight excluding hydrogens is 240 g/mol. The lowest BCUT2D eigenvalue weighted by molar-refractivity contribution is 0.476. The van der Waals surface area contributed by atoms with Crippen LogP contribution in [0.1, 0.15) is 30.8 Å². The summed E-state index contributed by atoms with van der Waals surface area (Å²) in [6, 6.07) is 8.50. The van der Waals surface area contributed by atoms with Gasteiger partial charge < -0.3 is 5.73 Å². The molecule has 0 amide bonds. The third kappa shape index (κ3) is 3.65. The molecule has 0 saturated heterocycles. The molecule has 0 aliphatic carbocycles. The number of aryl methyl sites for hydroxylation is 2. The van der Waals surface area contributed by atoms with Gasteiger partial charge in [0.15, 0.2) is 0 Å². The lowest BCUT2D eigenvalue weighted by Gasteiger charge is -2.16. The third-order valence-corrected chi connectivity index (χ3v) is 3.79. The normalized spacial score (nSPS) is 11.8. The molecule has 0 saturated carbocycles. The highest BCUT2D eigenvalue weighted by molar-refractivity contribution is 7.09. The van der Waals surface area contributed by atoms with Crippen molar-refractivity contribution in [2.45, 2.75) is 39.2 Å². The van der Waals surface area contributed by atoms with Gasteiger partial charge >= 0.3 is 0 Å². The maximum Gasteiger partial charge on any atom is 0.0933 e. The minimum atomic E-state index is -0.115. The SMILES string of the molecule is Cc1ccc(-c2csc(CCC(C)(C)N)n2)cc1. The molecule has 0 spiro atoms. The van der Waals surface area contributed by atoms with Gasteiger partial charge in [0, 0.05) is 22.9 Å². The first-order valence-corrected chi connectivity index (χ1v) is 7.12. The molecule has 0 fully saturated rings. The molecule has 1 heterocycles. The molecule has 2 N–H and O–H groups in total. The lowest BCUT2D eigenvalue weighted by atomic mass is 10.0. The average Bonchev–Trinajstić information content (AvgIpc) is 2.75. The number of thiazole rings is 1. The quantitative estimate of drug-likeness (QED) is 0.908. The summed E-state index contributed by atoms with van der Waals surface area (Å²) in [6.45, 7) is 6.21. The van der Waals surface area contributed by atoms with Crippen LogP contribution in [0.25, 0.3) is 11.3 Å². The van der Waals surface area contributed by atoms with E-state index >= 15 is 0 Å². The van der Waals surface area contributed by atoms with Gasteiger partial charge in [-0.25, -0.2) is 4.98 Å². The summed E-state index contributed by atoms with van der Waals surface area (Å²) in [5.41, 5.74) is 9.42. The van der Waals surface area contributed by atoms with Crippen molar-refractivity contribution in [1.29, 1.82) is 0 Å². The van der Waals surface area contributed by atoms with Crippen molar-refractivity contribution in [1.82, 2.24) is 4.98 Å². The van der Waals surface area contributed by atoms with Gasteiger partial charge in [-0.3, -0.25) is 0 Å². The predicted molar refractivity (Wildman–Crippen MR) is 78.9 cm³/mol. The highest BCUT2D eigenvalue weighted by Crippen LogP contribution is 2.23. The largest absolute Gasteiger partial charge is 0.326 e. The molecule has 1 aromatic heterocycles. The Morgan fingerprint density at radius 3 is 2.50 bits per heavy atom. The first-order chi connectivity index (χ1) is 8.44. The topological polar surface area (TPSA) is 38.9 Å². The summed E-state index contributed by atoms with van der Waals surface area (Å²) in [5.74, 6) is 0. The van der Waals surface area contributed by atoms with E-state index in [2.05, 4.69) is 55.4 Å². The Hall–Kier alpha value is -1.19. The van der Waals surface area contributed by atoms with Crippen LogP contribution in [0.15, 0.2) is 29.6 Å². The Bertz CT molecular complexity index is 506. The molecule has 0 aliphatic heterocycles. The number of nitrogens with zero attached hydrogens (tertiary/aromatic N) is 1. The molecule has 0 bridgehead atoms. The van der Waals surface area contributed by atoms with E-state index in [9.17, 15) is 0 Å². The van der Waals surface area contributed by atoms with Gasteiger partial charge in [0.1, 0.15) is 0 Å². The van der Waals surface area contributed by atoms with Gasteiger partial charge in [-0.15, -0.1) is 11.3 Å². The molecule has 2 aromatic rings. The number of hydrogen-bond acceptors (Lipinski definition) is 3. The van der Waals surface area contributed by atoms with Crippen LogP contribution in [0.4, 0.5) is 0 Å². The van der Waals surface area contributed by atoms with Gasteiger partial charge in [0.25, 0.3) is 0 Å². The van der Waals surface area contributed by atoms with Crippen LogP contribution >= 0.6 is 11.3 Å². The van der Waals surface area contributed by atoms with Gasteiger partial charge in [-0.2, -0.15) is 0 Å². The second-order valence-corrected chi connectivity index (χ2v) is 6.42. The van der Waals surface area contributed by atoms with E-state index in [4.69, 9.17) is 5.73 Å². The van der Waals surface area contributed by atoms with Crippen molar-refractivity contribution in [3.8, 4) is 11.3 Å². The van der Waals surface area contributed by atoms with Crippen molar-refractivity contribution < 1.29 is 0 Å². The predicted octanol–water partition coefficient (Wildman–Crippen LogP) is 3.79. The number of benzene rings is 1. The Balaban J connectivity index is 2.08. The molecule has 0 unspecified atom stereocenters. The molecule has 3 heteroatoms. The Morgan fingerprint density at radius 2 is 1.89 bits per heavy atom. The summed E-state index contributed by atoms with van der Waals surface area (Å²) in [7, 11) is 0. The van der Waals surface area contributed by atoms with E-state index in [1.807, 2.05) is 0 Å². The molecule has 18 heavy (non-hydrogen) atoms. The summed E-state index contributed by atoms with van der Waals surface area (Å²) in [5, 5.41) is 3.30. The lowest BCUT2D eigenvalue weighted by Crippen LogP contribution is -2.32. The number of rotatable bonds is 4. The Kier molecular flexibility index (Phi) is 3.83. The highest BCUT2D eigenvalue weighted by atomic mass is 32.1. The monoisotopic (exact) mass is 260 g/mol. The van der Waals surface area contributed by atoms with Gasteiger partial charge in [0.2, 0.25) is 0 Å². The van der Waals surface area contributed by atoms with Crippen molar-refractivity contribution >= 4 is 11.3 Å². The fourth-order valence-electron chi connectivity index (χ4n) is 1.71. The van der Waals surface area contributed by atoms with Crippen LogP contribution in [0, 0.1) is 6.92 Å². The molecule has 0 radical (unpaired) electrons. The minimum absolute atomic E-state index is 0.115. The van der Waals surface area contributed by atoms with Gasteiger partial charge in [-0.05, 0) is 27.2 Å². The van der Waals surface area contributed by atoms with E-state index in [-0.39, 0.29) is 5.54 Å². The molecule has 0 aliphatic rings. The Labute approximate surface area is 113 Å². The fourth-order valence-corrected chi connectivity index (χ4v) is 2.52. The van der Waals surface area contributed by atoms with Crippen LogP contribution in [0.5, 0.6) is 0 Å². The number of hydrogen-bond donors (Lipinski definition) is 1.